The summed E-state index contributed by atoms with van der Waals surface area (Å²) in [4.78, 5) is 0. The highest BCUT2D eigenvalue weighted by molar-refractivity contribution is 6.80. The largest absolute Gasteiger partial charge is 0.0689 e. The first-order valence-electron chi connectivity index (χ1n) is 12.2. The molecule has 150 valence electrons. The highest BCUT2D eigenvalue weighted by Crippen LogP contribution is 2.65. The Balaban J connectivity index is 1.60. The van der Waals surface area contributed by atoms with Gasteiger partial charge in [0.05, 0.1) is 8.07 Å². The van der Waals surface area contributed by atoms with Crippen LogP contribution in [-0.4, -0.2) is 8.07 Å². The normalized spacial score (nSPS) is 54.8. The number of rotatable bonds is 2. The van der Waals surface area contributed by atoms with Crippen molar-refractivity contribution in [3.8, 4) is 0 Å². The van der Waals surface area contributed by atoms with Gasteiger partial charge in [-0.2, -0.15) is 0 Å². The molecule has 26 heavy (non-hydrogen) atoms. The van der Waals surface area contributed by atoms with Crippen LogP contribution in [0.25, 0.3) is 0 Å². The van der Waals surface area contributed by atoms with Crippen LogP contribution in [0.15, 0.2) is 0 Å². The van der Waals surface area contributed by atoms with Gasteiger partial charge in [-0.1, -0.05) is 67.0 Å². The van der Waals surface area contributed by atoms with Gasteiger partial charge in [0, 0.05) is 0 Å². The Hall–Kier alpha value is 0.217. The molecule has 4 saturated carbocycles. The van der Waals surface area contributed by atoms with E-state index in [1.807, 2.05) is 0 Å². The number of hydrogen-bond acceptors (Lipinski definition) is 0. The van der Waals surface area contributed by atoms with Gasteiger partial charge in [0.1, 0.15) is 0 Å². The van der Waals surface area contributed by atoms with Gasteiger partial charge in [0.2, 0.25) is 0 Å². The van der Waals surface area contributed by atoms with E-state index in [1.165, 1.54) is 12.8 Å². The summed E-state index contributed by atoms with van der Waals surface area (Å²) in [5.41, 5.74) is 2.17. The van der Waals surface area contributed by atoms with E-state index < -0.39 is 8.07 Å². The number of fused-ring (bicyclic) bond motifs is 3. The van der Waals surface area contributed by atoms with E-state index in [2.05, 4.69) is 47.7 Å². The first kappa shape index (κ1) is 19.5. The van der Waals surface area contributed by atoms with Crippen molar-refractivity contribution < 1.29 is 0 Å². The predicted octanol–water partition coefficient (Wildman–Crippen LogP) is 7.87. The van der Waals surface area contributed by atoms with Crippen LogP contribution in [0.2, 0.25) is 24.2 Å². The van der Waals surface area contributed by atoms with Gasteiger partial charge in [-0.05, 0) is 90.0 Å². The molecule has 0 spiro atoms. The lowest BCUT2D eigenvalue weighted by Gasteiger charge is -2.49. The van der Waals surface area contributed by atoms with Crippen LogP contribution >= 0.6 is 0 Å². The molecule has 0 radical (unpaired) electrons. The van der Waals surface area contributed by atoms with Crippen molar-refractivity contribution in [1.29, 1.82) is 0 Å². The minimum absolute atomic E-state index is 0.934. The zero-order valence-electron chi connectivity index (χ0n) is 18.8. The third-order valence-corrected chi connectivity index (χ3v) is 16.5. The van der Waals surface area contributed by atoms with E-state index in [0.717, 1.165) is 64.3 Å². The summed E-state index contributed by atoms with van der Waals surface area (Å²) in [6.45, 7) is 18.7. The third kappa shape index (κ3) is 2.81. The predicted molar refractivity (Wildman–Crippen MR) is 117 cm³/mol. The summed E-state index contributed by atoms with van der Waals surface area (Å²) >= 11 is 0. The van der Waals surface area contributed by atoms with Gasteiger partial charge in [-0.25, -0.2) is 0 Å². The van der Waals surface area contributed by atoms with Gasteiger partial charge in [0.25, 0.3) is 0 Å². The van der Waals surface area contributed by atoms with Crippen molar-refractivity contribution >= 4 is 8.07 Å². The van der Waals surface area contributed by atoms with E-state index in [4.69, 9.17) is 0 Å². The molecule has 0 aromatic heterocycles. The van der Waals surface area contributed by atoms with E-state index in [0.29, 0.717) is 0 Å². The molecular weight excluding hydrogens is 328 g/mol. The van der Waals surface area contributed by atoms with Crippen LogP contribution in [0.1, 0.15) is 79.6 Å². The summed E-state index contributed by atoms with van der Waals surface area (Å²) in [7, 11) is -1.27. The van der Waals surface area contributed by atoms with Gasteiger partial charge in [-0.3, -0.25) is 0 Å². The quantitative estimate of drug-likeness (QED) is 0.431. The first-order valence-corrected chi connectivity index (χ1v) is 15.4. The fourth-order valence-corrected chi connectivity index (χ4v) is 16.7. The smallest absolute Gasteiger partial charge is 0.0546 e. The lowest BCUT2D eigenvalue weighted by Crippen LogP contribution is -2.47. The maximum Gasteiger partial charge on any atom is 0.0546 e. The zero-order chi connectivity index (χ0) is 18.8. The van der Waals surface area contributed by atoms with Crippen LogP contribution in [0.3, 0.4) is 0 Å². The van der Waals surface area contributed by atoms with E-state index >= 15 is 0 Å². The molecule has 4 aliphatic carbocycles. The second-order valence-electron chi connectivity index (χ2n) is 12.1. The molecule has 0 heterocycles. The van der Waals surface area contributed by atoms with Crippen LogP contribution in [0.4, 0.5) is 0 Å². The second-order valence-corrected chi connectivity index (χ2v) is 17.1. The Kier molecular flexibility index (Phi) is 5.20. The SMILES string of the molecule is CC1CC2C3CCCCC3CCC2C1[Si](C)(C)C1C(C)C(C)C(C)C1C. The Bertz CT molecular complexity index is 496. The molecule has 10 atom stereocenters. The minimum Gasteiger partial charge on any atom is -0.0689 e. The van der Waals surface area contributed by atoms with Crippen molar-refractivity contribution in [3.63, 3.8) is 0 Å². The van der Waals surface area contributed by atoms with Crippen molar-refractivity contribution in [2.75, 3.05) is 0 Å². The van der Waals surface area contributed by atoms with E-state index in [-0.39, 0.29) is 0 Å². The molecule has 0 aromatic carbocycles. The van der Waals surface area contributed by atoms with Crippen molar-refractivity contribution in [2.24, 2.45) is 53.3 Å². The fourth-order valence-electron chi connectivity index (χ4n) is 9.84. The molecule has 0 saturated heterocycles. The molecule has 0 amide bonds. The summed E-state index contributed by atoms with van der Waals surface area (Å²) < 4.78 is 0. The first-order chi connectivity index (χ1) is 12.2. The molecule has 10 unspecified atom stereocenters. The summed E-state index contributed by atoms with van der Waals surface area (Å²) in [6, 6.07) is 0. The van der Waals surface area contributed by atoms with Gasteiger partial charge in [0.15, 0.2) is 0 Å². The van der Waals surface area contributed by atoms with Crippen LogP contribution in [0.5, 0.6) is 0 Å². The average molecular weight is 375 g/mol. The van der Waals surface area contributed by atoms with Gasteiger partial charge >= 0.3 is 0 Å². The molecule has 0 aromatic rings. The monoisotopic (exact) mass is 374 g/mol. The van der Waals surface area contributed by atoms with Crippen molar-refractivity contribution in [3.05, 3.63) is 0 Å². The maximum atomic E-state index is 2.84. The van der Waals surface area contributed by atoms with E-state index in [1.54, 1.807) is 32.1 Å². The van der Waals surface area contributed by atoms with Crippen LogP contribution < -0.4 is 0 Å². The molecular formula is C25H46Si. The van der Waals surface area contributed by atoms with Crippen molar-refractivity contribution in [2.45, 2.75) is 104 Å². The summed E-state index contributed by atoms with van der Waals surface area (Å²) in [6.07, 6.45) is 11.0. The lowest BCUT2D eigenvalue weighted by atomic mass is 9.62. The highest BCUT2D eigenvalue weighted by atomic mass is 28.3. The number of hydrogen-bond donors (Lipinski definition) is 0. The van der Waals surface area contributed by atoms with Crippen LogP contribution in [-0.2, 0) is 0 Å². The molecule has 0 aliphatic heterocycles. The Morgan fingerprint density at radius 2 is 1.19 bits per heavy atom. The molecule has 4 fully saturated rings. The maximum absolute atomic E-state index is 2.84. The van der Waals surface area contributed by atoms with Crippen molar-refractivity contribution in [1.82, 2.24) is 0 Å². The molecule has 1 heteroatoms. The standard InChI is InChI=1S/C25H46Si/c1-15-14-23-21-11-9-8-10-20(21)12-13-22(23)24(15)26(6,7)25-18(4)16(2)17(3)19(25)5/h15-25H,8-14H2,1-7H3. The van der Waals surface area contributed by atoms with Gasteiger partial charge < -0.3 is 0 Å². The van der Waals surface area contributed by atoms with E-state index in [9.17, 15) is 0 Å². The molecule has 0 nitrogen and oxygen atoms in total. The molecule has 0 N–H and O–H groups in total. The second kappa shape index (κ2) is 6.92. The summed E-state index contributed by atoms with van der Waals surface area (Å²) in [5, 5.41) is 0. The fraction of sp³-hybridized carbons (Fsp3) is 1.00. The average Bonchev–Trinajstić information content (AvgIpc) is 3.05. The third-order valence-electron chi connectivity index (χ3n) is 11.0. The summed E-state index contributed by atoms with van der Waals surface area (Å²) in [5.74, 6) is 9.25. The lowest BCUT2D eigenvalue weighted by molar-refractivity contribution is 0.0719. The van der Waals surface area contributed by atoms with Gasteiger partial charge in [-0.15, -0.1) is 0 Å². The highest BCUT2D eigenvalue weighted by Gasteiger charge is 2.59. The molecule has 4 aliphatic rings. The molecule has 4 rings (SSSR count). The van der Waals surface area contributed by atoms with Crippen LogP contribution in [0, 0.1) is 53.3 Å². The Morgan fingerprint density at radius 3 is 1.85 bits per heavy atom. The topological polar surface area (TPSA) is 0 Å². The molecule has 0 bridgehead atoms. The Morgan fingerprint density at radius 1 is 0.577 bits per heavy atom. The zero-order valence-corrected chi connectivity index (χ0v) is 19.8. The Labute approximate surface area is 165 Å². The minimum atomic E-state index is -1.27.